The third-order valence-electron chi connectivity index (χ3n) is 3.41. The largest absolute Gasteiger partial charge is 0.119 e. The van der Waals surface area contributed by atoms with Crippen molar-refractivity contribution in [1.82, 2.24) is 0 Å². The highest BCUT2D eigenvalue weighted by molar-refractivity contribution is 6.24. The molecule has 1 saturated carbocycles. The molecule has 0 heterocycles. The maximum absolute atomic E-state index is 6.46. The second-order valence-corrected chi connectivity index (χ2v) is 5.76. The number of rotatable bonds is 0. The van der Waals surface area contributed by atoms with Crippen molar-refractivity contribution >= 4 is 11.6 Å². The van der Waals surface area contributed by atoms with E-state index in [1.165, 1.54) is 19.3 Å². The van der Waals surface area contributed by atoms with Gasteiger partial charge in [-0.05, 0) is 31.1 Å². The van der Waals surface area contributed by atoms with Gasteiger partial charge in [0.1, 0.15) is 0 Å². The molecule has 0 aromatic rings. The highest BCUT2D eigenvalue weighted by Crippen LogP contribution is 2.49. The van der Waals surface area contributed by atoms with Crippen LogP contribution in [0.4, 0.5) is 0 Å². The van der Waals surface area contributed by atoms with Crippen molar-refractivity contribution in [1.29, 1.82) is 0 Å². The molecule has 0 nitrogen and oxygen atoms in total. The molecule has 0 amide bonds. The summed E-state index contributed by atoms with van der Waals surface area (Å²) < 4.78 is 0. The second kappa shape index (κ2) is 2.65. The van der Waals surface area contributed by atoms with Crippen molar-refractivity contribution in [3.05, 3.63) is 0 Å². The fourth-order valence-electron chi connectivity index (χ4n) is 1.90. The van der Waals surface area contributed by atoms with Gasteiger partial charge in [-0.1, -0.05) is 27.2 Å². The van der Waals surface area contributed by atoms with Crippen LogP contribution in [-0.2, 0) is 0 Å². The highest BCUT2D eigenvalue weighted by atomic mass is 35.5. The first kappa shape index (κ1) is 9.38. The molecule has 1 rings (SSSR count). The summed E-state index contributed by atoms with van der Waals surface area (Å²) in [5.74, 6) is 0.811. The van der Waals surface area contributed by atoms with Crippen LogP contribution in [0.3, 0.4) is 0 Å². The molecule has 0 spiro atoms. The third kappa shape index (κ3) is 1.72. The minimum absolute atomic E-state index is 0.0185. The van der Waals surface area contributed by atoms with Gasteiger partial charge < -0.3 is 0 Å². The Balaban J connectivity index is 2.72. The Bertz CT molecular complexity index is 147. The minimum atomic E-state index is 0.0185. The van der Waals surface area contributed by atoms with Crippen LogP contribution in [0, 0.1) is 11.3 Å². The van der Waals surface area contributed by atoms with Crippen LogP contribution in [0.2, 0.25) is 0 Å². The monoisotopic (exact) mass is 174 g/mol. The van der Waals surface area contributed by atoms with Crippen molar-refractivity contribution in [2.75, 3.05) is 0 Å². The molecular formula is C10H19Cl. The van der Waals surface area contributed by atoms with E-state index in [0.717, 1.165) is 5.92 Å². The zero-order valence-electron chi connectivity index (χ0n) is 8.08. The molecule has 0 radical (unpaired) electrons. The average molecular weight is 175 g/mol. The Kier molecular flexibility index (Phi) is 2.26. The minimum Gasteiger partial charge on any atom is -0.119 e. The molecule has 0 saturated heterocycles. The summed E-state index contributed by atoms with van der Waals surface area (Å²) in [4.78, 5) is 0.0185. The lowest BCUT2D eigenvalue weighted by Gasteiger charge is -2.46. The van der Waals surface area contributed by atoms with Crippen molar-refractivity contribution in [2.45, 2.75) is 51.8 Å². The van der Waals surface area contributed by atoms with Crippen LogP contribution in [0.25, 0.3) is 0 Å². The fraction of sp³-hybridized carbons (Fsp3) is 1.00. The molecule has 2 unspecified atom stereocenters. The van der Waals surface area contributed by atoms with Gasteiger partial charge in [0, 0.05) is 4.87 Å². The van der Waals surface area contributed by atoms with Gasteiger partial charge in [-0.3, -0.25) is 0 Å². The van der Waals surface area contributed by atoms with Gasteiger partial charge in [-0.25, -0.2) is 0 Å². The van der Waals surface area contributed by atoms with E-state index >= 15 is 0 Å². The Morgan fingerprint density at radius 1 is 1.27 bits per heavy atom. The van der Waals surface area contributed by atoms with Gasteiger partial charge in [-0.2, -0.15) is 0 Å². The first-order chi connectivity index (χ1) is 4.85. The summed E-state index contributed by atoms with van der Waals surface area (Å²) in [5.41, 5.74) is 0.321. The molecule has 0 N–H and O–H groups in total. The van der Waals surface area contributed by atoms with Crippen molar-refractivity contribution in [3.8, 4) is 0 Å². The average Bonchev–Trinajstić information content (AvgIpc) is 1.80. The van der Waals surface area contributed by atoms with Crippen molar-refractivity contribution in [3.63, 3.8) is 0 Å². The molecule has 1 aliphatic carbocycles. The van der Waals surface area contributed by atoms with E-state index in [9.17, 15) is 0 Å². The Morgan fingerprint density at radius 3 is 2.18 bits per heavy atom. The van der Waals surface area contributed by atoms with Gasteiger partial charge in [0.2, 0.25) is 0 Å². The van der Waals surface area contributed by atoms with E-state index in [0.29, 0.717) is 5.41 Å². The van der Waals surface area contributed by atoms with Gasteiger partial charge in [0.05, 0.1) is 0 Å². The fourth-order valence-corrected chi connectivity index (χ4v) is 2.26. The lowest BCUT2D eigenvalue weighted by molar-refractivity contribution is 0.142. The lowest BCUT2D eigenvalue weighted by Crippen LogP contribution is -2.42. The van der Waals surface area contributed by atoms with E-state index in [2.05, 4.69) is 27.7 Å². The molecule has 66 valence electrons. The van der Waals surface area contributed by atoms with E-state index in [4.69, 9.17) is 11.6 Å². The topological polar surface area (TPSA) is 0 Å². The van der Waals surface area contributed by atoms with Gasteiger partial charge in [-0.15, -0.1) is 11.6 Å². The Labute approximate surface area is 75.3 Å². The van der Waals surface area contributed by atoms with Crippen LogP contribution in [0.5, 0.6) is 0 Å². The quantitative estimate of drug-likeness (QED) is 0.490. The molecule has 1 fully saturated rings. The number of alkyl halides is 1. The first-order valence-electron chi connectivity index (χ1n) is 4.54. The molecule has 11 heavy (non-hydrogen) atoms. The van der Waals surface area contributed by atoms with Crippen LogP contribution in [0.15, 0.2) is 0 Å². The molecule has 2 atom stereocenters. The van der Waals surface area contributed by atoms with Crippen molar-refractivity contribution in [2.24, 2.45) is 11.3 Å². The van der Waals surface area contributed by atoms with E-state index < -0.39 is 0 Å². The zero-order chi connectivity index (χ0) is 8.70. The van der Waals surface area contributed by atoms with Gasteiger partial charge in [0.25, 0.3) is 0 Å². The normalized spacial score (nSPS) is 43.9. The summed E-state index contributed by atoms with van der Waals surface area (Å²) in [6.45, 7) is 9.05. The second-order valence-electron chi connectivity index (χ2n) is 4.93. The van der Waals surface area contributed by atoms with Crippen LogP contribution >= 0.6 is 11.6 Å². The summed E-state index contributed by atoms with van der Waals surface area (Å²) in [7, 11) is 0. The first-order valence-corrected chi connectivity index (χ1v) is 4.92. The summed E-state index contributed by atoms with van der Waals surface area (Å²) in [5, 5.41) is 0. The molecule has 0 aromatic carbocycles. The number of hydrogen-bond donors (Lipinski definition) is 0. The summed E-state index contributed by atoms with van der Waals surface area (Å²) >= 11 is 6.46. The maximum Gasteiger partial charge on any atom is 0.0472 e. The van der Waals surface area contributed by atoms with Gasteiger partial charge >= 0.3 is 0 Å². The molecule has 1 aliphatic rings. The summed E-state index contributed by atoms with van der Waals surface area (Å²) in [6.07, 6.45) is 3.78. The lowest BCUT2D eigenvalue weighted by atomic mass is 9.66. The predicted octanol–water partition coefficient (Wildman–Crippen LogP) is 3.83. The number of halogens is 1. The Morgan fingerprint density at radius 2 is 1.82 bits per heavy atom. The maximum atomic E-state index is 6.46. The smallest absolute Gasteiger partial charge is 0.0472 e. The SMILES string of the molecule is CC1CCC(C)(C)C(C)(Cl)C1. The highest BCUT2D eigenvalue weighted by Gasteiger charge is 2.43. The van der Waals surface area contributed by atoms with E-state index in [1.807, 2.05) is 0 Å². The Hall–Kier alpha value is 0.290. The molecule has 0 aliphatic heterocycles. The van der Waals surface area contributed by atoms with E-state index in [1.54, 1.807) is 0 Å². The molecule has 0 bridgehead atoms. The van der Waals surface area contributed by atoms with Crippen LogP contribution < -0.4 is 0 Å². The van der Waals surface area contributed by atoms with Crippen molar-refractivity contribution < 1.29 is 0 Å². The zero-order valence-corrected chi connectivity index (χ0v) is 8.83. The van der Waals surface area contributed by atoms with Gasteiger partial charge in [0.15, 0.2) is 0 Å². The molecule has 0 aromatic heterocycles. The number of hydrogen-bond acceptors (Lipinski definition) is 0. The van der Waals surface area contributed by atoms with E-state index in [-0.39, 0.29) is 4.87 Å². The molecular weight excluding hydrogens is 156 g/mol. The van der Waals surface area contributed by atoms with Crippen LogP contribution in [0.1, 0.15) is 47.0 Å². The third-order valence-corrected chi connectivity index (χ3v) is 4.07. The van der Waals surface area contributed by atoms with Crippen LogP contribution in [-0.4, -0.2) is 4.87 Å². The predicted molar refractivity (Wildman–Crippen MR) is 51.1 cm³/mol. The standard InChI is InChI=1S/C10H19Cl/c1-8-5-6-9(2,3)10(4,11)7-8/h8H,5-7H2,1-4H3. The summed E-state index contributed by atoms with van der Waals surface area (Å²) in [6, 6.07) is 0. The molecule has 1 heteroatoms.